The van der Waals surface area contributed by atoms with Gasteiger partial charge in [-0.1, -0.05) is 49.4 Å². The average Bonchev–Trinajstić information content (AvgIpc) is 2.43. The summed E-state index contributed by atoms with van der Waals surface area (Å²) in [5.74, 6) is 2.27. The molecule has 0 radical (unpaired) electrons. The Hall–Kier alpha value is -1.47. The molecule has 0 amide bonds. The largest absolute Gasteiger partial charge is 0.157 e. The Morgan fingerprint density at radius 2 is 1.56 bits per heavy atom. The number of hydrogen-bond acceptors (Lipinski definition) is 1. The van der Waals surface area contributed by atoms with E-state index in [-0.39, 0.29) is 0 Å². The normalized spacial score (nSPS) is 11.2. The molecule has 90 valence electrons. The Labute approximate surface area is 112 Å². The molecule has 0 spiro atoms. The summed E-state index contributed by atoms with van der Waals surface area (Å²) in [5, 5.41) is 5.41. The third kappa shape index (κ3) is 2.11. The van der Waals surface area contributed by atoms with Gasteiger partial charge < -0.3 is 0 Å². The first-order valence-electron chi connectivity index (χ1n) is 6.36. The lowest BCUT2D eigenvalue weighted by Gasteiger charge is -2.07. The molecule has 3 aromatic rings. The summed E-state index contributed by atoms with van der Waals surface area (Å²) in [6.07, 6.45) is 0. The monoisotopic (exact) mass is 252 g/mol. The molecular weight excluding hydrogens is 236 g/mol. The van der Waals surface area contributed by atoms with E-state index in [0.29, 0.717) is 0 Å². The maximum atomic E-state index is 2.33. The maximum absolute atomic E-state index is 2.33. The van der Waals surface area contributed by atoms with E-state index in [0.717, 1.165) is 5.75 Å². The minimum atomic E-state index is 1.10. The quantitative estimate of drug-likeness (QED) is 0.574. The van der Waals surface area contributed by atoms with Crippen LogP contribution in [0, 0.1) is 0 Å². The lowest BCUT2D eigenvalue weighted by atomic mass is 10.0. The van der Waals surface area contributed by atoms with Gasteiger partial charge in [-0.25, -0.2) is 0 Å². The first kappa shape index (κ1) is 11.6. The molecular formula is C17H16S. The van der Waals surface area contributed by atoms with E-state index in [4.69, 9.17) is 0 Å². The van der Waals surface area contributed by atoms with E-state index in [1.807, 2.05) is 11.8 Å². The van der Waals surface area contributed by atoms with Crippen molar-refractivity contribution in [3.05, 3.63) is 60.2 Å². The zero-order chi connectivity index (χ0) is 12.4. The van der Waals surface area contributed by atoms with Crippen LogP contribution in [0.25, 0.3) is 21.5 Å². The van der Waals surface area contributed by atoms with Gasteiger partial charge in [0, 0.05) is 5.75 Å². The molecule has 0 aliphatic rings. The molecule has 0 N–H and O–H groups in total. The van der Waals surface area contributed by atoms with Crippen molar-refractivity contribution >= 4 is 33.3 Å². The average molecular weight is 252 g/mol. The molecule has 0 fully saturated rings. The first-order chi connectivity index (χ1) is 8.88. The van der Waals surface area contributed by atoms with Crippen LogP contribution in [-0.4, -0.2) is 5.75 Å². The van der Waals surface area contributed by atoms with Gasteiger partial charge in [0.15, 0.2) is 0 Å². The first-order valence-corrected chi connectivity index (χ1v) is 7.52. The molecule has 0 aliphatic heterocycles. The zero-order valence-electron chi connectivity index (χ0n) is 10.5. The minimum absolute atomic E-state index is 1.10. The highest BCUT2D eigenvalue weighted by Gasteiger charge is 2.02. The van der Waals surface area contributed by atoms with E-state index < -0.39 is 0 Å². The lowest BCUT2D eigenvalue weighted by Crippen LogP contribution is -1.85. The fourth-order valence-electron chi connectivity index (χ4n) is 2.37. The number of rotatable bonds is 3. The van der Waals surface area contributed by atoms with Crippen LogP contribution in [0.3, 0.4) is 0 Å². The molecule has 0 heterocycles. The van der Waals surface area contributed by atoms with Gasteiger partial charge in [-0.15, -0.1) is 0 Å². The van der Waals surface area contributed by atoms with Gasteiger partial charge >= 0.3 is 0 Å². The molecule has 3 rings (SSSR count). The van der Waals surface area contributed by atoms with Crippen LogP contribution in [-0.2, 0) is 5.75 Å². The highest BCUT2D eigenvalue weighted by molar-refractivity contribution is 7.98. The standard InChI is InChI=1S/C17H16S/c1-2-18-12-16-9-5-8-15-10-13-6-3-4-7-14(13)11-17(15)16/h3-11H,2,12H2,1H3. The van der Waals surface area contributed by atoms with Crippen LogP contribution in [0.2, 0.25) is 0 Å². The van der Waals surface area contributed by atoms with Crippen molar-refractivity contribution in [3.8, 4) is 0 Å². The predicted molar refractivity (Wildman–Crippen MR) is 83.3 cm³/mol. The molecule has 0 atom stereocenters. The third-order valence-corrected chi connectivity index (χ3v) is 4.22. The van der Waals surface area contributed by atoms with Gasteiger partial charge in [0.25, 0.3) is 0 Å². The van der Waals surface area contributed by atoms with Crippen LogP contribution in [0.1, 0.15) is 12.5 Å². The van der Waals surface area contributed by atoms with Crippen molar-refractivity contribution in [3.63, 3.8) is 0 Å². The van der Waals surface area contributed by atoms with Crippen molar-refractivity contribution in [1.29, 1.82) is 0 Å². The van der Waals surface area contributed by atoms with Crippen LogP contribution < -0.4 is 0 Å². The van der Waals surface area contributed by atoms with Crippen molar-refractivity contribution in [2.75, 3.05) is 5.75 Å². The van der Waals surface area contributed by atoms with Crippen LogP contribution >= 0.6 is 11.8 Å². The van der Waals surface area contributed by atoms with E-state index in [9.17, 15) is 0 Å². The Morgan fingerprint density at radius 1 is 0.833 bits per heavy atom. The highest BCUT2D eigenvalue weighted by Crippen LogP contribution is 2.27. The lowest BCUT2D eigenvalue weighted by molar-refractivity contribution is 1.43. The molecule has 0 saturated carbocycles. The summed E-state index contributed by atoms with van der Waals surface area (Å²) in [4.78, 5) is 0. The molecule has 0 nitrogen and oxygen atoms in total. The Bertz CT molecular complexity index is 685. The predicted octanol–water partition coefficient (Wildman–Crippen LogP) is 5.25. The second kappa shape index (κ2) is 5.03. The molecule has 0 aromatic heterocycles. The number of fused-ring (bicyclic) bond motifs is 2. The van der Waals surface area contributed by atoms with Crippen molar-refractivity contribution in [2.45, 2.75) is 12.7 Å². The van der Waals surface area contributed by atoms with Gasteiger partial charge in [-0.05, 0) is 45.0 Å². The van der Waals surface area contributed by atoms with E-state index in [1.165, 1.54) is 32.9 Å². The molecule has 3 aromatic carbocycles. The third-order valence-electron chi connectivity index (χ3n) is 3.30. The van der Waals surface area contributed by atoms with E-state index in [1.54, 1.807) is 0 Å². The van der Waals surface area contributed by atoms with Crippen LogP contribution in [0.4, 0.5) is 0 Å². The summed E-state index contributed by atoms with van der Waals surface area (Å²) in [7, 11) is 0. The molecule has 0 bridgehead atoms. The molecule has 0 aliphatic carbocycles. The highest BCUT2D eigenvalue weighted by atomic mass is 32.2. The van der Waals surface area contributed by atoms with E-state index >= 15 is 0 Å². The fraction of sp³-hybridized carbons (Fsp3) is 0.176. The van der Waals surface area contributed by atoms with Crippen molar-refractivity contribution < 1.29 is 0 Å². The van der Waals surface area contributed by atoms with Gasteiger partial charge in [0.1, 0.15) is 0 Å². The van der Waals surface area contributed by atoms with Crippen molar-refractivity contribution in [1.82, 2.24) is 0 Å². The van der Waals surface area contributed by atoms with Crippen LogP contribution in [0.5, 0.6) is 0 Å². The summed E-state index contributed by atoms with van der Waals surface area (Å²) >= 11 is 1.98. The molecule has 18 heavy (non-hydrogen) atoms. The molecule has 1 heteroatoms. The topological polar surface area (TPSA) is 0 Å². The Balaban J connectivity index is 2.22. The Kier molecular flexibility index (Phi) is 3.24. The summed E-state index contributed by atoms with van der Waals surface area (Å²) in [6, 6.07) is 19.8. The van der Waals surface area contributed by atoms with Crippen LogP contribution in [0.15, 0.2) is 54.6 Å². The fourth-order valence-corrected chi connectivity index (χ4v) is 3.05. The van der Waals surface area contributed by atoms with Crippen molar-refractivity contribution in [2.24, 2.45) is 0 Å². The number of thioether (sulfide) groups is 1. The SMILES string of the molecule is CCSCc1cccc2cc3ccccc3cc12. The smallest absolute Gasteiger partial charge is 0.0190 e. The van der Waals surface area contributed by atoms with Gasteiger partial charge in [-0.3, -0.25) is 0 Å². The molecule has 0 unspecified atom stereocenters. The van der Waals surface area contributed by atoms with Gasteiger partial charge in [0.2, 0.25) is 0 Å². The second-order valence-corrected chi connectivity index (χ2v) is 5.75. The maximum Gasteiger partial charge on any atom is 0.0190 e. The second-order valence-electron chi connectivity index (χ2n) is 4.47. The summed E-state index contributed by atoms with van der Waals surface area (Å²) < 4.78 is 0. The number of benzene rings is 3. The summed E-state index contributed by atoms with van der Waals surface area (Å²) in [6.45, 7) is 2.21. The van der Waals surface area contributed by atoms with Gasteiger partial charge in [-0.2, -0.15) is 11.8 Å². The summed E-state index contributed by atoms with van der Waals surface area (Å²) in [5.41, 5.74) is 1.45. The Morgan fingerprint density at radius 3 is 2.33 bits per heavy atom. The molecule has 0 saturated heterocycles. The van der Waals surface area contributed by atoms with Gasteiger partial charge in [0.05, 0.1) is 0 Å². The number of hydrogen-bond donors (Lipinski definition) is 0. The minimum Gasteiger partial charge on any atom is -0.157 e. The zero-order valence-corrected chi connectivity index (χ0v) is 11.3. The van der Waals surface area contributed by atoms with E-state index in [2.05, 4.69) is 61.5 Å².